The Morgan fingerprint density at radius 2 is 1.89 bits per heavy atom. The number of carbonyl (C=O) groups excluding carboxylic acids is 1. The Balaban J connectivity index is 3.22. The van der Waals surface area contributed by atoms with Gasteiger partial charge < -0.3 is 10.5 Å². The Morgan fingerprint density at radius 1 is 1.22 bits per heavy atom. The van der Waals surface area contributed by atoms with Crippen molar-refractivity contribution in [1.82, 2.24) is 0 Å². The molecule has 2 N–H and O–H groups in total. The minimum Gasteiger partial charge on any atom is -0.496 e. The van der Waals surface area contributed by atoms with Gasteiger partial charge >= 0.3 is 0 Å². The van der Waals surface area contributed by atoms with E-state index in [0.29, 0.717) is 45.3 Å². The first-order valence-corrected chi connectivity index (χ1v) is 9.28. The van der Waals surface area contributed by atoms with E-state index >= 15 is 0 Å². The van der Waals surface area contributed by atoms with Crippen LogP contribution >= 0.6 is 23.2 Å². The molecule has 1 aromatic rings. The third-order valence-electron chi connectivity index (χ3n) is 3.99. The van der Waals surface area contributed by atoms with Crippen molar-refractivity contribution in [3.63, 3.8) is 0 Å². The second-order valence-corrected chi connectivity index (χ2v) is 6.57. The molecule has 0 radical (unpaired) electrons. The lowest BCUT2D eigenvalue weighted by molar-refractivity contribution is -0.113. The Labute approximate surface area is 170 Å². The van der Waals surface area contributed by atoms with Gasteiger partial charge in [-0.3, -0.25) is 4.79 Å². The van der Waals surface area contributed by atoms with Crippen LogP contribution in [0.15, 0.2) is 47.3 Å². The van der Waals surface area contributed by atoms with Crippen LogP contribution in [-0.2, 0) is 4.79 Å². The van der Waals surface area contributed by atoms with E-state index in [9.17, 15) is 9.18 Å². The number of carbonyl (C=O) groups is 1. The van der Waals surface area contributed by atoms with Crippen molar-refractivity contribution in [2.24, 2.45) is 5.73 Å². The zero-order valence-corrected chi connectivity index (χ0v) is 17.4. The number of ether oxygens (including phenoxy) is 1. The van der Waals surface area contributed by atoms with Crippen LogP contribution in [0.25, 0.3) is 6.08 Å². The lowest BCUT2D eigenvalue weighted by Gasteiger charge is -2.11. The molecule has 3 nitrogen and oxygen atoms in total. The van der Waals surface area contributed by atoms with Gasteiger partial charge in [0.1, 0.15) is 11.6 Å². The summed E-state index contributed by atoms with van der Waals surface area (Å²) in [7, 11) is 1.54. The quantitative estimate of drug-likeness (QED) is 0.400. The van der Waals surface area contributed by atoms with Gasteiger partial charge in [0.2, 0.25) is 5.91 Å². The van der Waals surface area contributed by atoms with Crippen molar-refractivity contribution >= 4 is 35.2 Å². The van der Waals surface area contributed by atoms with E-state index in [-0.39, 0.29) is 0 Å². The SMILES string of the molecule is CCC(/C=C/c1c(Cl)cc(OC)c(C)c1Cl)=C(F)\C=C\C(=C\C(N)=O)CC. The Morgan fingerprint density at radius 3 is 2.41 bits per heavy atom. The van der Waals surface area contributed by atoms with Crippen molar-refractivity contribution in [1.29, 1.82) is 0 Å². The fraction of sp³-hybridized carbons (Fsp3) is 0.286. The smallest absolute Gasteiger partial charge is 0.241 e. The minimum atomic E-state index is -0.560. The lowest BCUT2D eigenvalue weighted by atomic mass is 10.1. The minimum absolute atomic E-state index is 0.407. The molecule has 1 rings (SSSR count). The highest BCUT2D eigenvalue weighted by atomic mass is 35.5. The van der Waals surface area contributed by atoms with Crippen molar-refractivity contribution < 1.29 is 13.9 Å². The predicted molar refractivity (Wildman–Crippen MR) is 112 cm³/mol. The molecule has 0 atom stereocenters. The summed E-state index contributed by atoms with van der Waals surface area (Å²) in [6.07, 6.45) is 8.51. The fourth-order valence-corrected chi connectivity index (χ4v) is 2.93. The number of amides is 1. The molecule has 0 fully saturated rings. The molecule has 0 aliphatic rings. The van der Waals surface area contributed by atoms with Gasteiger partial charge in [-0.15, -0.1) is 0 Å². The van der Waals surface area contributed by atoms with E-state index in [0.717, 1.165) is 5.56 Å². The molecule has 0 aliphatic carbocycles. The summed E-state index contributed by atoms with van der Waals surface area (Å²) in [5.74, 6) is -0.374. The summed E-state index contributed by atoms with van der Waals surface area (Å²) < 4.78 is 19.7. The molecule has 0 bridgehead atoms. The molecular formula is C21H24Cl2FNO2. The molecular weight excluding hydrogens is 388 g/mol. The number of methoxy groups -OCH3 is 1. The standard InChI is InChI=1S/C21H24Cl2FNO2/c1-5-14(11-20(25)26)7-10-18(24)15(6-2)8-9-16-17(22)12-19(27-4)13(3)21(16)23/h7-12H,5-6H2,1-4H3,(H2,25,26)/b9-8+,10-7+,14-11+,18-15-. The maximum atomic E-state index is 14.5. The van der Waals surface area contributed by atoms with Gasteiger partial charge in [-0.05, 0) is 43.1 Å². The largest absolute Gasteiger partial charge is 0.496 e. The second kappa shape index (κ2) is 11.0. The van der Waals surface area contributed by atoms with E-state index in [2.05, 4.69) is 0 Å². The van der Waals surface area contributed by atoms with Crippen LogP contribution in [0, 0.1) is 6.92 Å². The molecule has 0 unspecified atom stereocenters. The van der Waals surface area contributed by atoms with Gasteiger partial charge in [0, 0.05) is 17.2 Å². The second-order valence-electron chi connectivity index (χ2n) is 5.78. The molecule has 6 heteroatoms. The number of hydrogen-bond donors (Lipinski definition) is 1. The van der Waals surface area contributed by atoms with E-state index in [4.69, 9.17) is 33.7 Å². The zero-order chi connectivity index (χ0) is 20.6. The van der Waals surface area contributed by atoms with Gasteiger partial charge in [0.25, 0.3) is 0 Å². The highest BCUT2D eigenvalue weighted by Crippen LogP contribution is 2.36. The Hall–Kier alpha value is -2.04. The molecule has 0 saturated heterocycles. The Kier molecular flexibility index (Phi) is 9.33. The predicted octanol–water partition coefficient (Wildman–Crippen LogP) is 6.34. The Bertz CT molecular complexity index is 824. The first-order chi connectivity index (χ1) is 12.7. The van der Waals surface area contributed by atoms with E-state index in [1.807, 2.05) is 20.8 Å². The van der Waals surface area contributed by atoms with Gasteiger partial charge in [-0.2, -0.15) is 0 Å². The van der Waals surface area contributed by atoms with Gasteiger partial charge in [-0.25, -0.2) is 4.39 Å². The average Bonchev–Trinajstić information content (AvgIpc) is 2.63. The lowest BCUT2D eigenvalue weighted by Crippen LogP contribution is -2.06. The number of allylic oxidation sites excluding steroid dienone is 6. The number of benzene rings is 1. The molecule has 0 aromatic heterocycles. The van der Waals surface area contributed by atoms with E-state index < -0.39 is 11.7 Å². The highest BCUT2D eigenvalue weighted by Gasteiger charge is 2.12. The molecule has 0 heterocycles. The van der Waals surface area contributed by atoms with Crippen LogP contribution in [0.3, 0.4) is 0 Å². The average molecular weight is 412 g/mol. The first kappa shape index (κ1) is 23.0. The number of primary amides is 1. The molecule has 0 saturated carbocycles. The maximum Gasteiger partial charge on any atom is 0.241 e. The van der Waals surface area contributed by atoms with E-state index in [1.54, 1.807) is 31.4 Å². The van der Waals surface area contributed by atoms with Crippen molar-refractivity contribution in [3.05, 3.63) is 68.5 Å². The number of halogens is 3. The first-order valence-electron chi connectivity index (χ1n) is 8.52. The van der Waals surface area contributed by atoms with Gasteiger partial charge in [-0.1, -0.05) is 55.3 Å². The topological polar surface area (TPSA) is 52.3 Å². The summed E-state index contributed by atoms with van der Waals surface area (Å²) >= 11 is 12.6. The number of nitrogens with two attached hydrogens (primary N) is 1. The molecule has 146 valence electrons. The summed E-state index contributed by atoms with van der Waals surface area (Å²) in [5, 5.41) is 0.877. The summed E-state index contributed by atoms with van der Waals surface area (Å²) in [6.45, 7) is 5.53. The molecule has 27 heavy (non-hydrogen) atoms. The van der Waals surface area contributed by atoms with Crippen LogP contribution in [0.1, 0.15) is 37.8 Å². The van der Waals surface area contributed by atoms with Crippen LogP contribution in [0.2, 0.25) is 10.0 Å². The van der Waals surface area contributed by atoms with Crippen molar-refractivity contribution in [3.8, 4) is 5.75 Å². The van der Waals surface area contributed by atoms with Gasteiger partial charge in [0.15, 0.2) is 0 Å². The molecule has 1 amide bonds. The molecule has 0 aliphatic heterocycles. The maximum absolute atomic E-state index is 14.5. The monoisotopic (exact) mass is 411 g/mol. The summed E-state index contributed by atoms with van der Waals surface area (Å²) in [4.78, 5) is 11.0. The van der Waals surface area contributed by atoms with Crippen LogP contribution in [0.5, 0.6) is 5.75 Å². The number of rotatable bonds is 8. The molecule has 1 aromatic carbocycles. The van der Waals surface area contributed by atoms with E-state index in [1.165, 1.54) is 12.2 Å². The van der Waals surface area contributed by atoms with Gasteiger partial charge in [0.05, 0.1) is 17.2 Å². The molecule has 0 spiro atoms. The highest BCUT2D eigenvalue weighted by molar-refractivity contribution is 6.38. The normalized spacial score (nSPS) is 13.4. The van der Waals surface area contributed by atoms with Crippen LogP contribution < -0.4 is 10.5 Å². The zero-order valence-electron chi connectivity index (χ0n) is 15.9. The van der Waals surface area contributed by atoms with Crippen molar-refractivity contribution in [2.45, 2.75) is 33.6 Å². The number of hydrogen-bond acceptors (Lipinski definition) is 2. The summed E-state index contributed by atoms with van der Waals surface area (Å²) in [6, 6.07) is 1.68. The summed E-state index contributed by atoms with van der Waals surface area (Å²) in [5.41, 5.74) is 7.61. The third-order valence-corrected chi connectivity index (χ3v) is 4.79. The fourth-order valence-electron chi connectivity index (χ4n) is 2.37. The van der Waals surface area contributed by atoms with Crippen molar-refractivity contribution in [2.75, 3.05) is 7.11 Å². The third kappa shape index (κ3) is 6.56. The van der Waals surface area contributed by atoms with Crippen LogP contribution in [0.4, 0.5) is 4.39 Å². The van der Waals surface area contributed by atoms with Crippen LogP contribution in [-0.4, -0.2) is 13.0 Å².